The van der Waals surface area contributed by atoms with Crippen molar-refractivity contribution in [3.63, 3.8) is 0 Å². The number of likely N-dealkylation sites (tertiary alicyclic amines) is 1. The normalized spacial score (nSPS) is 15.4. The van der Waals surface area contributed by atoms with Crippen LogP contribution in [0.3, 0.4) is 0 Å². The zero-order chi connectivity index (χ0) is 23.4. The third-order valence-corrected chi connectivity index (χ3v) is 6.75. The number of amides is 1. The Morgan fingerprint density at radius 1 is 1.09 bits per heavy atom. The number of carbonyl (C=O) groups excluding carboxylic acids is 1. The van der Waals surface area contributed by atoms with E-state index in [1.54, 1.807) is 7.11 Å². The van der Waals surface area contributed by atoms with Crippen LogP contribution in [-0.4, -0.2) is 37.0 Å². The second-order valence-corrected chi connectivity index (χ2v) is 9.00. The summed E-state index contributed by atoms with van der Waals surface area (Å²) in [5, 5.41) is 1.89. The van der Waals surface area contributed by atoms with E-state index in [1.807, 2.05) is 46.7 Å². The van der Waals surface area contributed by atoms with Gasteiger partial charge in [0.05, 0.1) is 17.6 Å². The highest BCUT2D eigenvalue weighted by Gasteiger charge is 2.32. The molecule has 0 N–H and O–H groups in total. The summed E-state index contributed by atoms with van der Waals surface area (Å²) in [4.78, 5) is 18.2. The van der Waals surface area contributed by atoms with Gasteiger partial charge in [0, 0.05) is 37.4 Å². The molecular formula is C25H25F3N2O2S. The second kappa shape index (κ2) is 9.97. The highest BCUT2D eigenvalue weighted by molar-refractivity contribution is 7.12. The number of halogens is 3. The van der Waals surface area contributed by atoms with Crippen molar-refractivity contribution >= 4 is 22.9 Å². The van der Waals surface area contributed by atoms with Gasteiger partial charge in [0.1, 0.15) is 5.75 Å². The molecule has 174 valence electrons. The molecule has 0 atom stereocenters. The Morgan fingerprint density at radius 2 is 1.82 bits per heavy atom. The molecule has 0 saturated carbocycles. The highest BCUT2D eigenvalue weighted by atomic mass is 32.1. The SMILES string of the molecule is COc1cccc(N(C(=O)c2cccs2)C2CCN(Cc3ccc(C(F)(F)F)cc3)CC2)c1. The Hall–Kier alpha value is -2.84. The lowest BCUT2D eigenvalue weighted by molar-refractivity contribution is -0.137. The Kier molecular flexibility index (Phi) is 7.05. The van der Waals surface area contributed by atoms with Crippen LogP contribution in [0.5, 0.6) is 5.75 Å². The van der Waals surface area contributed by atoms with Crippen molar-refractivity contribution < 1.29 is 22.7 Å². The van der Waals surface area contributed by atoms with E-state index in [-0.39, 0.29) is 11.9 Å². The van der Waals surface area contributed by atoms with Crippen LogP contribution in [-0.2, 0) is 12.7 Å². The Labute approximate surface area is 195 Å². The van der Waals surface area contributed by atoms with E-state index < -0.39 is 11.7 Å². The number of hydrogen-bond donors (Lipinski definition) is 0. The molecule has 1 aliphatic heterocycles. The smallest absolute Gasteiger partial charge is 0.416 e. The van der Waals surface area contributed by atoms with Crippen molar-refractivity contribution in [1.82, 2.24) is 4.90 Å². The van der Waals surface area contributed by atoms with Crippen LogP contribution in [0, 0.1) is 0 Å². The minimum absolute atomic E-state index is 0.0237. The fourth-order valence-electron chi connectivity index (χ4n) is 4.17. The van der Waals surface area contributed by atoms with Gasteiger partial charge in [-0.25, -0.2) is 0 Å². The molecule has 1 saturated heterocycles. The topological polar surface area (TPSA) is 32.8 Å². The van der Waals surface area contributed by atoms with E-state index in [0.717, 1.165) is 49.3 Å². The third kappa shape index (κ3) is 5.57. The minimum Gasteiger partial charge on any atom is -0.497 e. The number of nitrogens with zero attached hydrogens (tertiary/aromatic N) is 2. The number of rotatable bonds is 6. The van der Waals surface area contributed by atoms with Gasteiger partial charge in [-0.3, -0.25) is 9.69 Å². The van der Waals surface area contributed by atoms with Crippen LogP contribution in [0.25, 0.3) is 0 Å². The summed E-state index contributed by atoms with van der Waals surface area (Å²) in [6.45, 7) is 2.09. The highest BCUT2D eigenvalue weighted by Crippen LogP contribution is 2.31. The summed E-state index contributed by atoms with van der Waals surface area (Å²) >= 11 is 1.42. The van der Waals surface area contributed by atoms with Crippen molar-refractivity contribution in [2.24, 2.45) is 0 Å². The fourth-order valence-corrected chi connectivity index (χ4v) is 4.83. The molecule has 2 aromatic carbocycles. The van der Waals surface area contributed by atoms with Crippen molar-refractivity contribution in [3.8, 4) is 5.75 Å². The summed E-state index contributed by atoms with van der Waals surface area (Å²) in [6, 6.07) is 16.6. The molecule has 3 aromatic rings. The average molecular weight is 475 g/mol. The molecule has 0 bridgehead atoms. The van der Waals surface area contributed by atoms with Gasteiger partial charge in [-0.15, -0.1) is 11.3 Å². The number of methoxy groups -OCH3 is 1. The van der Waals surface area contributed by atoms with Gasteiger partial charge in [-0.05, 0) is 54.1 Å². The van der Waals surface area contributed by atoms with E-state index in [2.05, 4.69) is 4.90 Å². The lowest BCUT2D eigenvalue weighted by Crippen LogP contribution is -2.47. The van der Waals surface area contributed by atoms with Gasteiger partial charge in [0.2, 0.25) is 0 Å². The summed E-state index contributed by atoms with van der Waals surface area (Å²) in [6.07, 6.45) is -2.78. The number of alkyl halides is 3. The Balaban J connectivity index is 1.46. The van der Waals surface area contributed by atoms with Crippen LogP contribution in [0.2, 0.25) is 0 Å². The van der Waals surface area contributed by atoms with Crippen molar-refractivity contribution in [3.05, 3.63) is 82.0 Å². The number of ether oxygens (including phenoxy) is 1. The number of anilines is 1. The molecule has 0 spiro atoms. The maximum Gasteiger partial charge on any atom is 0.416 e. The van der Waals surface area contributed by atoms with Crippen LogP contribution in [0.15, 0.2) is 66.0 Å². The first-order valence-electron chi connectivity index (χ1n) is 10.7. The van der Waals surface area contributed by atoms with E-state index >= 15 is 0 Å². The lowest BCUT2D eigenvalue weighted by atomic mass is 10.0. The third-order valence-electron chi connectivity index (χ3n) is 5.89. The van der Waals surface area contributed by atoms with Gasteiger partial charge < -0.3 is 9.64 Å². The Bertz CT molecular complexity index is 1060. The zero-order valence-corrected chi connectivity index (χ0v) is 19.0. The van der Waals surface area contributed by atoms with Crippen LogP contribution in [0.1, 0.15) is 33.6 Å². The number of benzene rings is 2. The molecule has 1 aromatic heterocycles. The molecule has 4 rings (SSSR count). The zero-order valence-electron chi connectivity index (χ0n) is 18.2. The number of thiophene rings is 1. The van der Waals surface area contributed by atoms with Gasteiger partial charge in [-0.2, -0.15) is 13.2 Å². The first-order valence-corrected chi connectivity index (χ1v) is 11.6. The quantitative estimate of drug-likeness (QED) is 0.434. The van der Waals surface area contributed by atoms with Crippen molar-refractivity contribution in [1.29, 1.82) is 0 Å². The van der Waals surface area contributed by atoms with E-state index in [4.69, 9.17) is 4.74 Å². The van der Waals surface area contributed by atoms with E-state index in [1.165, 1.54) is 23.5 Å². The van der Waals surface area contributed by atoms with Crippen LogP contribution >= 0.6 is 11.3 Å². The molecule has 1 fully saturated rings. The number of hydrogen-bond acceptors (Lipinski definition) is 4. The van der Waals surface area contributed by atoms with Crippen molar-refractivity contribution in [2.75, 3.05) is 25.1 Å². The maximum atomic E-state index is 13.4. The molecule has 0 radical (unpaired) electrons. The molecule has 0 aliphatic carbocycles. The van der Waals surface area contributed by atoms with Gasteiger partial charge in [0.15, 0.2) is 0 Å². The monoisotopic (exact) mass is 474 g/mol. The van der Waals surface area contributed by atoms with Gasteiger partial charge in [0.25, 0.3) is 5.91 Å². The predicted molar refractivity (Wildman–Crippen MR) is 124 cm³/mol. The number of piperidine rings is 1. The molecule has 2 heterocycles. The molecule has 33 heavy (non-hydrogen) atoms. The van der Waals surface area contributed by atoms with Gasteiger partial charge >= 0.3 is 6.18 Å². The molecule has 8 heteroatoms. The fraction of sp³-hybridized carbons (Fsp3) is 0.320. The molecule has 1 amide bonds. The summed E-state index contributed by atoms with van der Waals surface area (Å²) in [7, 11) is 1.60. The summed E-state index contributed by atoms with van der Waals surface area (Å²) in [5.74, 6) is 0.663. The standard InChI is InChI=1S/C25H25F3N2O2S/c1-32-22-5-2-4-21(16-22)30(24(31)23-6-3-15-33-23)20-11-13-29(14-12-20)17-18-7-9-19(10-8-18)25(26,27)28/h2-10,15-16,20H,11-14,17H2,1H3. The lowest BCUT2D eigenvalue weighted by Gasteiger charge is -2.38. The molecule has 0 unspecified atom stereocenters. The second-order valence-electron chi connectivity index (χ2n) is 8.06. The first kappa shape index (κ1) is 23.3. The van der Waals surface area contributed by atoms with Crippen LogP contribution in [0.4, 0.5) is 18.9 Å². The summed E-state index contributed by atoms with van der Waals surface area (Å²) < 4.78 is 43.8. The average Bonchev–Trinajstić information content (AvgIpc) is 3.35. The molecular weight excluding hydrogens is 449 g/mol. The molecule has 4 nitrogen and oxygen atoms in total. The first-order chi connectivity index (χ1) is 15.8. The largest absolute Gasteiger partial charge is 0.497 e. The Morgan fingerprint density at radius 3 is 2.42 bits per heavy atom. The van der Waals surface area contributed by atoms with Gasteiger partial charge in [-0.1, -0.05) is 24.3 Å². The minimum atomic E-state index is -4.32. The summed E-state index contributed by atoms with van der Waals surface area (Å²) in [5.41, 5.74) is 1.01. The number of carbonyl (C=O) groups is 1. The maximum absolute atomic E-state index is 13.4. The molecule has 1 aliphatic rings. The van der Waals surface area contributed by atoms with Crippen LogP contribution < -0.4 is 9.64 Å². The van der Waals surface area contributed by atoms with E-state index in [0.29, 0.717) is 17.2 Å². The predicted octanol–water partition coefficient (Wildman–Crippen LogP) is 6.09. The van der Waals surface area contributed by atoms with E-state index in [9.17, 15) is 18.0 Å². The van der Waals surface area contributed by atoms with Crippen molar-refractivity contribution in [2.45, 2.75) is 31.6 Å².